The molecule has 0 N–H and O–H groups in total. The van der Waals surface area contributed by atoms with Crippen molar-refractivity contribution in [3.05, 3.63) is 106 Å². The third-order valence-corrected chi connectivity index (χ3v) is 6.22. The van der Waals surface area contributed by atoms with Gasteiger partial charge in [-0.3, -0.25) is 9.59 Å². The van der Waals surface area contributed by atoms with E-state index in [1.807, 2.05) is 93.6 Å². The van der Waals surface area contributed by atoms with Crippen LogP contribution in [0.1, 0.15) is 27.8 Å². The molecule has 150 valence electrons. The average Bonchev–Trinajstić information content (AvgIpc) is 2.96. The molecule has 4 heteroatoms. The predicted octanol–water partition coefficient (Wildman–Crippen LogP) is 5.83. The molecular weight excluding hydrogens is 390 g/mol. The van der Waals surface area contributed by atoms with Gasteiger partial charge >= 0.3 is 0 Å². The Balaban J connectivity index is 1.76. The molecule has 0 bridgehead atoms. The predicted molar refractivity (Wildman–Crippen MR) is 124 cm³/mol. The zero-order chi connectivity index (χ0) is 21.3. The standard InChI is InChI=1S/C26H23NO2S/c1-17-9-11-21(12-10-17)23-24(30-16-20-7-5-4-6-8-20)26(29)27(25(23)28)22-14-18(2)13-19(3)15-22/h4-15H,16H2,1-3H3. The second kappa shape index (κ2) is 8.33. The lowest BCUT2D eigenvalue weighted by Gasteiger charge is -2.16. The number of thioether (sulfide) groups is 1. The van der Waals surface area contributed by atoms with Crippen LogP contribution in [0.2, 0.25) is 0 Å². The molecule has 4 rings (SSSR count). The van der Waals surface area contributed by atoms with Crippen molar-refractivity contribution in [2.75, 3.05) is 4.90 Å². The Morgan fingerprint density at radius 2 is 1.37 bits per heavy atom. The maximum absolute atomic E-state index is 13.5. The van der Waals surface area contributed by atoms with Gasteiger partial charge in [0.05, 0.1) is 16.2 Å². The van der Waals surface area contributed by atoms with Crippen molar-refractivity contribution in [2.45, 2.75) is 26.5 Å². The summed E-state index contributed by atoms with van der Waals surface area (Å²) in [6.45, 7) is 5.95. The molecule has 1 heterocycles. The van der Waals surface area contributed by atoms with E-state index in [0.29, 0.717) is 21.9 Å². The lowest BCUT2D eigenvalue weighted by molar-refractivity contribution is -0.119. The Hall–Kier alpha value is -3.11. The topological polar surface area (TPSA) is 37.4 Å². The Kier molecular flexibility index (Phi) is 5.60. The van der Waals surface area contributed by atoms with Crippen molar-refractivity contribution >= 4 is 34.8 Å². The second-order valence-electron chi connectivity index (χ2n) is 7.64. The Bertz CT molecular complexity index is 1130. The number of nitrogens with zero attached hydrogens (tertiary/aromatic N) is 1. The highest BCUT2D eigenvalue weighted by molar-refractivity contribution is 8.03. The lowest BCUT2D eigenvalue weighted by Crippen LogP contribution is -2.31. The van der Waals surface area contributed by atoms with Gasteiger partial charge in [-0.2, -0.15) is 0 Å². The highest BCUT2D eigenvalue weighted by Crippen LogP contribution is 2.40. The van der Waals surface area contributed by atoms with E-state index in [1.165, 1.54) is 16.7 Å². The number of benzene rings is 3. The van der Waals surface area contributed by atoms with E-state index in [9.17, 15) is 9.59 Å². The second-order valence-corrected chi connectivity index (χ2v) is 8.62. The maximum Gasteiger partial charge on any atom is 0.272 e. The summed E-state index contributed by atoms with van der Waals surface area (Å²) in [7, 11) is 0. The number of hydrogen-bond acceptors (Lipinski definition) is 3. The van der Waals surface area contributed by atoms with Crippen molar-refractivity contribution in [3.63, 3.8) is 0 Å². The van der Waals surface area contributed by atoms with Crippen LogP contribution >= 0.6 is 11.8 Å². The molecule has 1 aliphatic rings. The summed E-state index contributed by atoms with van der Waals surface area (Å²) in [6.07, 6.45) is 0. The minimum Gasteiger partial charge on any atom is -0.268 e. The van der Waals surface area contributed by atoms with Crippen LogP contribution in [-0.2, 0) is 15.3 Å². The maximum atomic E-state index is 13.5. The first-order chi connectivity index (χ1) is 14.4. The van der Waals surface area contributed by atoms with Crippen LogP contribution in [0.4, 0.5) is 5.69 Å². The normalized spacial score (nSPS) is 14.0. The SMILES string of the molecule is Cc1ccc(C2=C(SCc3ccccc3)C(=O)N(c3cc(C)cc(C)c3)C2=O)cc1. The summed E-state index contributed by atoms with van der Waals surface area (Å²) in [6, 6.07) is 23.6. The molecule has 3 nitrogen and oxygen atoms in total. The van der Waals surface area contributed by atoms with E-state index >= 15 is 0 Å². The number of carbonyl (C=O) groups excluding carboxylic acids is 2. The van der Waals surface area contributed by atoms with E-state index in [1.54, 1.807) is 0 Å². The average molecular weight is 414 g/mol. The molecule has 0 aliphatic carbocycles. The van der Waals surface area contributed by atoms with Crippen LogP contribution in [0, 0.1) is 20.8 Å². The molecule has 0 spiro atoms. The molecule has 0 saturated carbocycles. The summed E-state index contributed by atoms with van der Waals surface area (Å²) in [5.74, 6) is 0.122. The van der Waals surface area contributed by atoms with Crippen LogP contribution in [0.15, 0.2) is 77.7 Å². The smallest absolute Gasteiger partial charge is 0.268 e. The van der Waals surface area contributed by atoms with Gasteiger partial charge in [-0.1, -0.05) is 66.2 Å². The molecule has 0 radical (unpaired) electrons. The van der Waals surface area contributed by atoms with Gasteiger partial charge in [-0.15, -0.1) is 11.8 Å². The van der Waals surface area contributed by atoms with Crippen molar-refractivity contribution in [2.24, 2.45) is 0 Å². The number of anilines is 1. The van der Waals surface area contributed by atoms with E-state index in [2.05, 4.69) is 0 Å². The van der Waals surface area contributed by atoms with E-state index < -0.39 is 0 Å². The van der Waals surface area contributed by atoms with Gasteiger partial charge < -0.3 is 0 Å². The summed E-state index contributed by atoms with van der Waals surface area (Å²) in [5.41, 5.74) is 6.16. The van der Waals surface area contributed by atoms with E-state index in [0.717, 1.165) is 27.8 Å². The van der Waals surface area contributed by atoms with E-state index in [-0.39, 0.29) is 11.8 Å². The monoisotopic (exact) mass is 413 g/mol. The first-order valence-corrected chi connectivity index (χ1v) is 10.9. The Morgan fingerprint density at radius 3 is 2.00 bits per heavy atom. The Labute approximate surface area is 181 Å². The highest BCUT2D eigenvalue weighted by atomic mass is 32.2. The summed E-state index contributed by atoms with van der Waals surface area (Å²) >= 11 is 1.43. The molecule has 2 amide bonds. The fourth-order valence-electron chi connectivity index (χ4n) is 3.66. The van der Waals surface area contributed by atoms with Crippen LogP contribution in [0.3, 0.4) is 0 Å². The van der Waals surface area contributed by atoms with Crippen LogP contribution < -0.4 is 4.90 Å². The van der Waals surface area contributed by atoms with Gasteiger partial charge in [0, 0.05) is 5.75 Å². The molecule has 1 aliphatic heterocycles. The first-order valence-electron chi connectivity index (χ1n) is 9.89. The molecule has 30 heavy (non-hydrogen) atoms. The van der Waals surface area contributed by atoms with Crippen LogP contribution in [0.25, 0.3) is 5.57 Å². The number of carbonyl (C=O) groups is 2. The van der Waals surface area contributed by atoms with Crippen LogP contribution in [0.5, 0.6) is 0 Å². The van der Waals surface area contributed by atoms with Gasteiger partial charge in [0.25, 0.3) is 11.8 Å². The minimum absolute atomic E-state index is 0.249. The highest BCUT2D eigenvalue weighted by Gasteiger charge is 2.40. The summed E-state index contributed by atoms with van der Waals surface area (Å²) < 4.78 is 0. The molecule has 3 aromatic rings. The summed E-state index contributed by atoms with van der Waals surface area (Å²) in [4.78, 5) is 28.7. The molecule has 0 aromatic heterocycles. The fourth-order valence-corrected chi connectivity index (χ4v) is 4.73. The van der Waals surface area contributed by atoms with Crippen molar-refractivity contribution in [1.82, 2.24) is 0 Å². The van der Waals surface area contributed by atoms with Gasteiger partial charge in [0.2, 0.25) is 0 Å². The van der Waals surface area contributed by atoms with Crippen molar-refractivity contribution in [3.8, 4) is 0 Å². The van der Waals surface area contributed by atoms with Gasteiger partial charge in [0.15, 0.2) is 0 Å². The summed E-state index contributed by atoms with van der Waals surface area (Å²) in [5, 5.41) is 0. The minimum atomic E-state index is -0.260. The molecule has 3 aromatic carbocycles. The van der Waals surface area contributed by atoms with Gasteiger partial charge in [-0.05, 0) is 55.2 Å². The number of hydrogen-bond donors (Lipinski definition) is 0. The zero-order valence-electron chi connectivity index (χ0n) is 17.3. The molecule has 0 saturated heterocycles. The fraction of sp³-hybridized carbons (Fsp3) is 0.154. The zero-order valence-corrected chi connectivity index (χ0v) is 18.1. The van der Waals surface area contributed by atoms with Gasteiger partial charge in [0.1, 0.15) is 0 Å². The number of rotatable bonds is 5. The van der Waals surface area contributed by atoms with Gasteiger partial charge in [-0.25, -0.2) is 4.90 Å². The molecule has 0 fully saturated rings. The number of imide groups is 1. The van der Waals surface area contributed by atoms with Crippen LogP contribution in [-0.4, -0.2) is 11.8 Å². The van der Waals surface area contributed by atoms with Crippen molar-refractivity contribution in [1.29, 1.82) is 0 Å². The lowest BCUT2D eigenvalue weighted by atomic mass is 10.0. The number of aryl methyl sites for hydroxylation is 3. The third-order valence-electron chi connectivity index (χ3n) is 5.07. The molecular formula is C26H23NO2S. The molecule has 0 atom stereocenters. The number of amides is 2. The van der Waals surface area contributed by atoms with E-state index in [4.69, 9.17) is 0 Å². The Morgan fingerprint density at radius 1 is 0.733 bits per heavy atom. The quantitative estimate of drug-likeness (QED) is 0.494. The third kappa shape index (κ3) is 3.96. The molecule has 0 unspecified atom stereocenters. The van der Waals surface area contributed by atoms with Crippen molar-refractivity contribution < 1.29 is 9.59 Å². The largest absolute Gasteiger partial charge is 0.272 e. The first kappa shape index (κ1) is 20.2.